The molecule has 0 aliphatic carbocycles. The fraction of sp³-hybridized carbons (Fsp3) is 0.471. The van der Waals surface area contributed by atoms with E-state index in [1.54, 1.807) is 23.6 Å². The molecule has 0 aromatic carbocycles. The summed E-state index contributed by atoms with van der Waals surface area (Å²) < 4.78 is 0. The first-order valence-corrected chi connectivity index (χ1v) is 8.71. The third-order valence-corrected chi connectivity index (χ3v) is 4.56. The van der Waals surface area contributed by atoms with E-state index in [9.17, 15) is 4.79 Å². The molecule has 0 atom stereocenters. The van der Waals surface area contributed by atoms with Gasteiger partial charge in [-0.25, -0.2) is 9.97 Å². The molecule has 0 unspecified atom stereocenters. The van der Waals surface area contributed by atoms with Crippen molar-refractivity contribution in [2.75, 3.05) is 18.4 Å². The smallest absolute Gasteiger partial charge is 0.252 e. The molecule has 1 amide bonds. The zero-order valence-electron chi connectivity index (χ0n) is 14.1. The van der Waals surface area contributed by atoms with Crippen molar-refractivity contribution in [2.45, 2.75) is 39.5 Å². The van der Waals surface area contributed by atoms with Crippen molar-refractivity contribution in [1.82, 2.24) is 15.3 Å². The highest BCUT2D eigenvalue weighted by atomic mass is 32.1. The van der Waals surface area contributed by atoms with Gasteiger partial charge in [0.25, 0.3) is 5.91 Å². The number of hydrogen-bond acceptors (Lipinski definition) is 5. The quantitative estimate of drug-likeness (QED) is 0.852. The second-order valence-electron chi connectivity index (χ2n) is 6.36. The summed E-state index contributed by atoms with van der Waals surface area (Å²) >= 11 is 1.71. The van der Waals surface area contributed by atoms with Crippen LogP contribution in [-0.4, -0.2) is 29.0 Å². The largest absolute Gasteiger partial charge is 0.370 e. The summed E-state index contributed by atoms with van der Waals surface area (Å²) in [4.78, 5) is 20.6. The van der Waals surface area contributed by atoms with Crippen LogP contribution in [0.2, 0.25) is 0 Å². The lowest BCUT2D eigenvalue weighted by molar-refractivity contribution is 0.0955. The van der Waals surface area contributed by atoms with Crippen LogP contribution in [0.5, 0.6) is 0 Å². The molecular weight excluding hydrogens is 308 g/mol. The lowest BCUT2D eigenvalue weighted by Gasteiger charge is -2.13. The van der Waals surface area contributed by atoms with Gasteiger partial charge in [0.05, 0.1) is 16.3 Å². The molecular formula is C17H24N4OS. The van der Waals surface area contributed by atoms with E-state index >= 15 is 0 Å². The molecule has 0 saturated carbocycles. The Balaban J connectivity index is 1.84. The van der Waals surface area contributed by atoms with Crippen molar-refractivity contribution in [3.05, 3.63) is 40.0 Å². The summed E-state index contributed by atoms with van der Waals surface area (Å²) in [6.07, 6.45) is 2.44. The fourth-order valence-electron chi connectivity index (χ4n) is 1.98. The molecule has 5 nitrogen and oxygen atoms in total. The summed E-state index contributed by atoms with van der Waals surface area (Å²) in [5.74, 6) is 0.674. The first kappa shape index (κ1) is 17.4. The molecule has 0 saturated heterocycles. The van der Waals surface area contributed by atoms with E-state index in [1.165, 1.54) is 0 Å². The molecule has 0 spiro atoms. The van der Waals surface area contributed by atoms with Gasteiger partial charge in [0.2, 0.25) is 0 Å². The highest BCUT2D eigenvalue weighted by Gasteiger charge is 2.17. The molecule has 0 bridgehead atoms. The highest BCUT2D eigenvalue weighted by Crippen LogP contribution is 2.25. The number of rotatable bonds is 6. The molecule has 0 radical (unpaired) electrons. The van der Waals surface area contributed by atoms with Crippen LogP contribution in [-0.2, 0) is 11.8 Å². The summed E-state index contributed by atoms with van der Waals surface area (Å²) in [5, 5.41) is 9.30. The molecule has 0 fully saturated rings. The van der Waals surface area contributed by atoms with Gasteiger partial charge in [0.1, 0.15) is 5.82 Å². The van der Waals surface area contributed by atoms with Crippen LogP contribution in [0.15, 0.2) is 23.7 Å². The van der Waals surface area contributed by atoms with Crippen molar-refractivity contribution >= 4 is 23.1 Å². The minimum absolute atomic E-state index is 0.0938. The maximum absolute atomic E-state index is 11.7. The summed E-state index contributed by atoms with van der Waals surface area (Å²) in [6, 6.07) is 3.60. The Morgan fingerprint density at radius 3 is 2.65 bits per heavy atom. The van der Waals surface area contributed by atoms with Crippen molar-refractivity contribution in [2.24, 2.45) is 0 Å². The predicted octanol–water partition coefficient (Wildman–Crippen LogP) is 3.24. The number of thiazole rings is 1. The maximum Gasteiger partial charge on any atom is 0.252 e. The van der Waals surface area contributed by atoms with Gasteiger partial charge in [-0.15, -0.1) is 11.3 Å². The lowest BCUT2D eigenvalue weighted by Crippen LogP contribution is -2.22. The van der Waals surface area contributed by atoms with Crippen molar-refractivity contribution in [1.29, 1.82) is 0 Å². The van der Waals surface area contributed by atoms with E-state index in [4.69, 9.17) is 0 Å². The minimum atomic E-state index is -0.0938. The van der Waals surface area contributed by atoms with Gasteiger partial charge < -0.3 is 10.6 Å². The highest BCUT2D eigenvalue weighted by molar-refractivity contribution is 7.09. The Bertz CT molecular complexity index is 643. The standard InChI is InChI=1S/C17H24N4OS/c1-5-18-15(22)12-6-7-14(20-10-12)19-9-8-13-11-23-16(21-13)17(2,3)4/h6-7,10-11H,5,8-9H2,1-4H3,(H,18,22)(H,19,20). The number of anilines is 1. The number of amides is 1. The number of nitrogens with zero attached hydrogens (tertiary/aromatic N) is 2. The van der Waals surface area contributed by atoms with E-state index in [0.29, 0.717) is 12.1 Å². The topological polar surface area (TPSA) is 66.9 Å². The molecule has 2 N–H and O–H groups in total. The van der Waals surface area contributed by atoms with Crippen molar-refractivity contribution < 1.29 is 4.79 Å². The SMILES string of the molecule is CCNC(=O)c1ccc(NCCc2csc(C(C)(C)C)n2)nc1. The molecule has 23 heavy (non-hydrogen) atoms. The van der Waals surface area contributed by atoms with Crippen LogP contribution >= 0.6 is 11.3 Å². The molecule has 2 aromatic heterocycles. The number of nitrogens with one attached hydrogen (secondary N) is 2. The Morgan fingerprint density at radius 2 is 2.09 bits per heavy atom. The molecule has 6 heteroatoms. The molecule has 0 aliphatic rings. The van der Waals surface area contributed by atoms with Crippen molar-refractivity contribution in [3.63, 3.8) is 0 Å². The number of carbonyl (C=O) groups excluding carboxylic acids is 1. The van der Waals surface area contributed by atoms with Crippen LogP contribution in [0.1, 0.15) is 48.8 Å². The third-order valence-electron chi connectivity index (χ3n) is 3.24. The Morgan fingerprint density at radius 1 is 1.30 bits per heavy atom. The van der Waals surface area contributed by atoms with Gasteiger partial charge in [-0.3, -0.25) is 4.79 Å². The molecule has 2 aromatic rings. The van der Waals surface area contributed by atoms with Crippen molar-refractivity contribution in [3.8, 4) is 0 Å². The first-order chi connectivity index (χ1) is 10.9. The maximum atomic E-state index is 11.7. The van der Waals surface area contributed by atoms with Gasteiger partial charge in [-0.1, -0.05) is 20.8 Å². The average Bonchev–Trinajstić information content (AvgIpc) is 2.97. The fourth-order valence-corrected chi connectivity index (χ4v) is 2.92. The number of carbonyl (C=O) groups is 1. The minimum Gasteiger partial charge on any atom is -0.370 e. The van der Waals surface area contributed by atoms with E-state index in [2.05, 4.69) is 46.8 Å². The third kappa shape index (κ3) is 5.03. The average molecular weight is 332 g/mol. The van der Waals surface area contributed by atoms with Gasteiger partial charge in [0.15, 0.2) is 0 Å². The monoisotopic (exact) mass is 332 g/mol. The Labute approximate surface area is 141 Å². The zero-order chi connectivity index (χ0) is 16.9. The summed E-state index contributed by atoms with van der Waals surface area (Å²) in [6.45, 7) is 9.80. The van der Waals surface area contributed by atoms with Crippen LogP contribution in [0, 0.1) is 0 Å². The van der Waals surface area contributed by atoms with Gasteiger partial charge in [-0.05, 0) is 19.1 Å². The van der Waals surface area contributed by atoms with E-state index in [0.717, 1.165) is 29.5 Å². The lowest BCUT2D eigenvalue weighted by atomic mass is 9.98. The number of pyridine rings is 1. The van der Waals surface area contributed by atoms with Gasteiger partial charge in [0, 0.05) is 36.5 Å². The van der Waals surface area contributed by atoms with Crippen LogP contribution in [0.3, 0.4) is 0 Å². The predicted molar refractivity (Wildman–Crippen MR) is 95.3 cm³/mol. The molecule has 2 rings (SSSR count). The molecule has 0 aliphatic heterocycles. The number of aromatic nitrogens is 2. The summed E-state index contributed by atoms with van der Waals surface area (Å²) in [7, 11) is 0. The Hall–Kier alpha value is -1.95. The Kier molecular flexibility index (Phi) is 5.71. The normalized spacial score (nSPS) is 11.3. The number of hydrogen-bond donors (Lipinski definition) is 2. The summed E-state index contributed by atoms with van der Waals surface area (Å²) in [5.41, 5.74) is 1.78. The van der Waals surface area contributed by atoms with Crippen LogP contribution in [0.4, 0.5) is 5.82 Å². The van der Waals surface area contributed by atoms with Gasteiger partial charge in [-0.2, -0.15) is 0 Å². The van der Waals surface area contributed by atoms with E-state index in [-0.39, 0.29) is 11.3 Å². The second kappa shape index (κ2) is 7.55. The molecule has 2 heterocycles. The van der Waals surface area contributed by atoms with Crippen LogP contribution < -0.4 is 10.6 Å². The van der Waals surface area contributed by atoms with E-state index in [1.807, 2.05) is 13.0 Å². The van der Waals surface area contributed by atoms with Crippen LogP contribution in [0.25, 0.3) is 0 Å². The second-order valence-corrected chi connectivity index (χ2v) is 7.22. The first-order valence-electron chi connectivity index (χ1n) is 7.83. The van der Waals surface area contributed by atoms with E-state index < -0.39 is 0 Å². The van der Waals surface area contributed by atoms with Gasteiger partial charge >= 0.3 is 0 Å². The zero-order valence-corrected chi connectivity index (χ0v) is 15.0. The molecule has 124 valence electrons.